The summed E-state index contributed by atoms with van der Waals surface area (Å²) >= 11 is 1.64. The first-order valence-electron chi connectivity index (χ1n) is 9.75. The first-order valence-corrected chi connectivity index (χ1v) is 10.6. The molecule has 4 rings (SSSR count). The molecule has 2 aromatic heterocycles. The summed E-state index contributed by atoms with van der Waals surface area (Å²) in [5, 5.41) is 6.25. The molecule has 148 valence electrons. The van der Waals surface area contributed by atoms with Crippen molar-refractivity contribution in [3.8, 4) is 11.3 Å². The Morgan fingerprint density at radius 1 is 1.10 bits per heavy atom. The lowest BCUT2D eigenvalue weighted by Gasteiger charge is -2.20. The fraction of sp³-hybridized carbons (Fsp3) is 0.261. The molecule has 0 aliphatic rings. The average Bonchev–Trinajstić information content (AvgIpc) is 3.32. The van der Waals surface area contributed by atoms with Crippen LogP contribution in [0.3, 0.4) is 0 Å². The number of nitrogens with one attached hydrogen (secondary N) is 2. The lowest BCUT2D eigenvalue weighted by molar-refractivity contribution is -0.121. The van der Waals surface area contributed by atoms with Crippen LogP contribution in [0.15, 0.2) is 53.9 Å². The number of aromatic amines is 1. The third kappa shape index (κ3) is 4.38. The predicted molar refractivity (Wildman–Crippen MR) is 118 cm³/mol. The van der Waals surface area contributed by atoms with E-state index in [1.807, 2.05) is 55.5 Å². The van der Waals surface area contributed by atoms with Crippen LogP contribution in [0.1, 0.15) is 36.3 Å². The number of carbonyl (C=O) groups is 1. The second-order valence-corrected chi connectivity index (χ2v) is 8.62. The highest BCUT2D eigenvalue weighted by Gasteiger charge is 2.22. The van der Waals surface area contributed by atoms with Gasteiger partial charge in [-0.15, -0.1) is 11.3 Å². The van der Waals surface area contributed by atoms with Gasteiger partial charge in [0, 0.05) is 10.9 Å². The van der Waals surface area contributed by atoms with E-state index in [0.717, 1.165) is 38.7 Å². The molecule has 2 N–H and O–H groups in total. The van der Waals surface area contributed by atoms with Gasteiger partial charge in [-0.2, -0.15) is 0 Å². The number of imidazole rings is 1. The number of carbonyl (C=O) groups excluding carboxylic acids is 1. The fourth-order valence-corrected chi connectivity index (χ4v) is 3.99. The molecular formula is C23H24N4OS. The Morgan fingerprint density at radius 2 is 1.86 bits per heavy atom. The molecule has 5 nitrogen and oxygen atoms in total. The summed E-state index contributed by atoms with van der Waals surface area (Å²) in [6.45, 7) is 6.17. The highest BCUT2D eigenvalue weighted by Crippen LogP contribution is 2.24. The number of nitrogens with zero attached hydrogens (tertiary/aromatic N) is 2. The molecule has 0 fully saturated rings. The van der Waals surface area contributed by atoms with E-state index in [0.29, 0.717) is 6.42 Å². The summed E-state index contributed by atoms with van der Waals surface area (Å²) in [6, 6.07) is 15.8. The van der Waals surface area contributed by atoms with Gasteiger partial charge in [-0.25, -0.2) is 9.97 Å². The number of aryl methyl sites for hydroxylation is 1. The number of thiazole rings is 1. The lowest BCUT2D eigenvalue weighted by atomic mass is 10.0. The third-order valence-electron chi connectivity index (χ3n) is 4.92. The van der Waals surface area contributed by atoms with Crippen molar-refractivity contribution in [2.45, 2.75) is 33.2 Å². The predicted octanol–water partition coefficient (Wildman–Crippen LogP) is 5.05. The molecule has 2 heterocycles. The van der Waals surface area contributed by atoms with Crippen LogP contribution in [-0.4, -0.2) is 20.9 Å². The molecule has 1 amide bonds. The van der Waals surface area contributed by atoms with E-state index in [1.54, 1.807) is 11.3 Å². The van der Waals surface area contributed by atoms with Gasteiger partial charge in [0.25, 0.3) is 0 Å². The number of benzene rings is 2. The zero-order valence-electron chi connectivity index (χ0n) is 16.8. The van der Waals surface area contributed by atoms with Crippen LogP contribution in [0.2, 0.25) is 0 Å². The molecule has 2 aromatic carbocycles. The highest BCUT2D eigenvalue weighted by atomic mass is 32.1. The number of fused-ring (bicyclic) bond motifs is 1. The molecular weight excluding hydrogens is 380 g/mol. The quantitative estimate of drug-likeness (QED) is 0.472. The molecule has 0 bridgehead atoms. The van der Waals surface area contributed by atoms with Crippen molar-refractivity contribution in [2.75, 3.05) is 0 Å². The van der Waals surface area contributed by atoms with Gasteiger partial charge in [0.1, 0.15) is 5.82 Å². The van der Waals surface area contributed by atoms with Crippen LogP contribution in [0.4, 0.5) is 0 Å². The van der Waals surface area contributed by atoms with E-state index in [1.165, 1.54) is 0 Å². The van der Waals surface area contributed by atoms with E-state index in [4.69, 9.17) is 0 Å². The number of rotatable bonds is 6. The van der Waals surface area contributed by atoms with Crippen LogP contribution in [0.5, 0.6) is 0 Å². The maximum atomic E-state index is 12.7. The van der Waals surface area contributed by atoms with Gasteiger partial charge < -0.3 is 10.3 Å². The van der Waals surface area contributed by atoms with Gasteiger partial charge in [0.2, 0.25) is 5.91 Å². The normalized spacial score (nSPS) is 12.4. The molecule has 4 aromatic rings. The van der Waals surface area contributed by atoms with Gasteiger partial charge in [-0.1, -0.05) is 50.2 Å². The molecule has 0 aliphatic heterocycles. The maximum absolute atomic E-state index is 12.7. The average molecular weight is 405 g/mol. The summed E-state index contributed by atoms with van der Waals surface area (Å²) < 4.78 is 0. The van der Waals surface area contributed by atoms with Crippen molar-refractivity contribution in [1.82, 2.24) is 20.3 Å². The van der Waals surface area contributed by atoms with Crippen molar-refractivity contribution in [3.63, 3.8) is 0 Å². The Hall–Kier alpha value is -2.99. The molecule has 29 heavy (non-hydrogen) atoms. The van der Waals surface area contributed by atoms with Gasteiger partial charge in [-0.3, -0.25) is 4.79 Å². The highest BCUT2D eigenvalue weighted by molar-refractivity contribution is 7.09. The molecule has 0 radical (unpaired) electrons. The van der Waals surface area contributed by atoms with Crippen molar-refractivity contribution in [2.24, 2.45) is 5.92 Å². The van der Waals surface area contributed by atoms with Crippen molar-refractivity contribution >= 4 is 28.3 Å². The van der Waals surface area contributed by atoms with Gasteiger partial charge in [0.15, 0.2) is 0 Å². The Balaban J connectivity index is 1.45. The lowest BCUT2D eigenvalue weighted by Crippen LogP contribution is -2.33. The number of amides is 1. The summed E-state index contributed by atoms with van der Waals surface area (Å²) in [5.41, 5.74) is 4.92. The Bertz CT molecular complexity index is 1090. The van der Waals surface area contributed by atoms with Crippen molar-refractivity contribution in [3.05, 3.63) is 70.3 Å². The Morgan fingerprint density at radius 3 is 2.52 bits per heavy atom. The summed E-state index contributed by atoms with van der Waals surface area (Å²) in [5.74, 6) is 1.00. The summed E-state index contributed by atoms with van der Waals surface area (Å²) in [6.07, 6.45) is 0.333. The minimum atomic E-state index is -0.160. The molecule has 0 spiro atoms. The summed E-state index contributed by atoms with van der Waals surface area (Å²) in [7, 11) is 0. The number of H-pyrrole nitrogens is 1. The Labute approximate surface area is 174 Å². The summed E-state index contributed by atoms with van der Waals surface area (Å²) in [4.78, 5) is 25.2. The van der Waals surface area contributed by atoms with Gasteiger partial charge >= 0.3 is 0 Å². The standard InChI is InChI=1S/C23H24N4OS/c1-14(2)22(23-25-18-6-4-5-7-19(18)26-23)27-21(28)12-16-8-10-17(11-9-16)20-13-29-15(3)24-20/h4-11,13-14,22H,12H2,1-3H3,(H,25,26)(H,27,28). The zero-order valence-corrected chi connectivity index (χ0v) is 17.6. The molecule has 0 saturated heterocycles. The monoisotopic (exact) mass is 404 g/mol. The maximum Gasteiger partial charge on any atom is 0.225 e. The Kier molecular flexibility index (Phi) is 5.45. The topological polar surface area (TPSA) is 70.7 Å². The van der Waals surface area contributed by atoms with Crippen LogP contribution in [-0.2, 0) is 11.2 Å². The molecule has 0 saturated carbocycles. The number of hydrogen-bond acceptors (Lipinski definition) is 4. The molecule has 0 aliphatic carbocycles. The first kappa shape index (κ1) is 19.3. The van der Waals surface area contributed by atoms with Gasteiger partial charge in [-0.05, 0) is 30.5 Å². The van der Waals surface area contributed by atoms with E-state index in [9.17, 15) is 4.79 Å². The minimum absolute atomic E-state index is 0.0126. The number of hydrogen-bond donors (Lipinski definition) is 2. The van der Waals surface area contributed by atoms with E-state index in [2.05, 4.69) is 39.5 Å². The van der Waals surface area contributed by atoms with E-state index >= 15 is 0 Å². The van der Waals surface area contributed by atoms with Crippen LogP contribution >= 0.6 is 11.3 Å². The molecule has 1 unspecified atom stereocenters. The second kappa shape index (κ2) is 8.17. The largest absolute Gasteiger partial charge is 0.346 e. The number of aromatic nitrogens is 3. The first-order chi connectivity index (χ1) is 14.0. The smallest absolute Gasteiger partial charge is 0.225 e. The molecule has 6 heteroatoms. The van der Waals surface area contributed by atoms with Crippen LogP contribution in [0, 0.1) is 12.8 Å². The molecule has 1 atom stereocenters. The SMILES string of the molecule is Cc1nc(-c2ccc(CC(=O)NC(c3nc4ccccc4[nH]3)C(C)C)cc2)cs1. The van der Waals surface area contributed by atoms with Gasteiger partial charge in [0.05, 0.1) is 34.2 Å². The second-order valence-electron chi connectivity index (χ2n) is 7.55. The van der Waals surface area contributed by atoms with E-state index in [-0.39, 0.29) is 17.9 Å². The van der Waals surface area contributed by atoms with Crippen LogP contribution < -0.4 is 5.32 Å². The van der Waals surface area contributed by atoms with E-state index < -0.39 is 0 Å². The third-order valence-corrected chi connectivity index (χ3v) is 5.69. The van der Waals surface area contributed by atoms with Crippen molar-refractivity contribution < 1.29 is 4.79 Å². The van der Waals surface area contributed by atoms with Crippen molar-refractivity contribution in [1.29, 1.82) is 0 Å². The minimum Gasteiger partial charge on any atom is -0.346 e. The number of para-hydroxylation sites is 2. The fourth-order valence-electron chi connectivity index (χ4n) is 3.37. The van der Waals surface area contributed by atoms with Crippen LogP contribution in [0.25, 0.3) is 22.3 Å². The zero-order chi connectivity index (χ0) is 20.4.